The van der Waals surface area contributed by atoms with E-state index in [9.17, 15) is 0 Å². The van der Waals surface area contributed by atoms with Crippen LogP contribution in [-0.4, -0.2) is 5.71 Å². The molecule has 0 saturated heterocycles. The molecule has 0 saturated carbocycles. The maximum Gasteiger partial charge on any atom is -0.147 e. The number of rotatable bonds is 2. The SMILES string of the molecule is C1=CC[C]([Zr][c]2cccc3c2C=C2C3=Nc3ccccc32)=C1.Cl.Cl. The first-order valence-electron chi connectivity index (χ1n) is 7.56. The van der Waals surface area contributed by atoms with Gasteiger partial charge in [-0.05, 0) is 0 Å². The molecular formula is C20H15Cl2NZr. The number of hydrogen-bond donors (Lipinski definition) is 0. The summed E-state index contributed by atoms with van der Waals surface area (Å²) < 4.78 is 3.24. The van der Waals surface area contributed by atoms with Crippen LogP contribution in [0.25, 0.3) is 11.6 Å². The summed E-state index contributed by atoms with van der Waals surface area (Å²) in [6, 6.07) is 15.2. The van der Waals surface area contributed by atoms with Crippen molar-refractivity contribution >= 4 is 51.1 Å². The number of benzene rings is 2. The van der Waals surface area contributed by atoms with Crippen molar-refractivity contribution in [1.82, 2.24) is 0 Å². The minimum absolute atomic E-state index is 0. The van der Waals surface area contributed by atoms with Gasteiger partial charge in [-0.2, -0.15) is 0 Å². The molecule has 4 heteroatoms. The molecule has 0 aromatic heterocycles. The second kappa shape index (κ2) is 6.96. The van der Waals surface area contributed by atoms with Crippen LogP contribution in [0, 0.1) is 0 Å². The molecule has 1 heterocycles. The summed E-state index contributed by atoms with van der Waals surface area (Å²) in [6.45, 7) is 0. The van der Waals surface area contributed by atoms with Gasteiger partial charge < -0.3 is 0 Å². The number of nitrogens with zero attached hydrogens (tertiary/aromatic N) is 1. The smallest absolute Gasteiger partial charge is 0.147 e. The monoisotopic (exact) mass is 429 g/mol. The van der Waals surface area contributed by atoms with Gasteiger partial charge in [0.2, 0.25) is 0 Å². The number of para-hydroxylation sites is 1. The third-order valence-corrected chi connectivity index (χ3v) is 7.83. The number of hydrogen-bond acceptors (Lipinski definition) is 1. The van der Waals surface area contributed by atoms with E-state index in [2.05, 4.69) is 66.8 Å². The second-order valence-corrected chi connectivity index (χ2v) is 9.27. The Balaban J connectivity index is 0.000000845. The minimum Gasteiger partial charge on any atom is -0.147 e. The van der Waals surface area contributed by atoms with Gasteiger partial charge in [-0.25, -0.2) is 0 Å². The first-order chi connectivity index (χ1) is 10.9. The molecule has 0 amide bonds. The van der Waals surface area contributed by atoms with Crippen LogP contribution in [0.5, 0.6) is 0 Å². The van der Waals surface area contributed by atoms with Gasteiger partial charge in [0, 0.05) is 0 Å². The quantitative estimate of drug-likeness (QED) is 0.630. The van der Waals surface area contributed by atoms with E-state index in [0.29, 0.717) is 0 Å². The summed E-state index contributed by atoms with van der Waals surface area (Å²) in [4.78, 5) is 4.87. The Morgan fingerprint density at radius 3 is 2.58 bits per heavy atom. The van der Waals surface area contributed by atoms with Gasteiger partial charge >= 0.3 is 142 Å². The van der Waals surface area contributed by atoms with E-state index in [1.807, 2.05) is 0 Å². The molecule has 0 N–H and O–H groups in total. The van der Waals surface area contributed by atoms with Crippen molar-refractivity contribution in [1.29, 1.82) is 0 Å². The molecule has 118 valence electrons. The van der Waals surface area contributed by atoms with Gasteiger partial charge in [-0.1, -0.05) is 0 Å². The van der Waals surface area contributed by atoms with Gasteiger partial charge in [0.15, 0.2) is 0 Å². The Kier molecular flexibility index (Phi) is 5.11. The third kappa shape index (κ3) is 2.71. The molecule has 0 spiro atoms. The van der Waals surface area contributed by atoms with Gasteiger partial charge in [0.25, 0.3) is 0 Å². The predicted octanol–water partition coefficient (Wildman–Crippen LogP) is 5.07. The van der Waals surface area contributed by atoms with Crippen LogP contribution < -0.4 is 3.27 Å². The van der Waals surface area contributed by atoms with Crippen LogP contribution in [0.15, 0.2) is 69.0 Å². The molecule has 1 aliphatic heterocycles. The van der Waals surface area contributed by atoms with Crippen LogP contribution in [0.3, 0.4) is 0 Å². The molecule has 0 fully saturated rings. The average molecular weight is 431 g/mol. The molecule has 2 aliphatic carbocycles. The Bertz CT molecular complexity index is 938. The number of allylic oxidation sites excluding steroid dienone is 5. The molecular weight excluding hydrogens is 416 g/mol. The van der Waals surface area contributed by atoms with Crippen LogP contribution in [0.4, 0.5) is 5.69 Å². The van der Waals surface area contributed by atoms with Crippen molar-refractivity contribution in [2.24, 2.45) is 4.99 Å². The Labute approximate surface area is 165 Å². The predicted molar refractivity (Wildman–Crippen MR) is 103 cm³/mol. The van der Waals surface area contributed by atoms with E-state index in [1.165, 1.54) is 28.0 Å². The van der Waals surface area contributed by atoms with E-state index < -0.39 is 23.2 Å². The van der Waals surface area contributed by atoms with E-state index >= 15 is 0 Å². The molecule has 0 unspecified atom stereocenters. The molecule has 0 bridgehead atoms. The number of halogens is 2. The first kappa shape index (κ1) is 17.6. The van der Waals surface area contributed by atoms with E-state index in [-0.39, 0.29) is 24.8 Å². The van der Waals surface area contributed by atoms with Crippen LogP contribution >= 0.6 is 24.8 Å². The van der Waals surface area contributed by atoms with E-state index in [1.54, 1.807) is 6.55 Å². The third-order valence-electron chi connectivity index (χ3n) is 4.40. The topological polar surface area (TPSA) is 12.4 Å². The van der Waals surface area contributed by atoms with Crippen molar-refractivity contribution in [3.8, 4) is 0 Å². The fourth-order valence-electron chi connectivity index (χ4n) is 3.35. The molecule has 2 aromatic carbocycles. The largest absolute Gasteiger partial charge is 0.147 e. The number of fused-ring (bicyclic) bond motifs is 5. The molecule has 0 atom stereocenters. The van der Waals surface area contributed by atoms with Gasteiger partial charge in [0.1, 0.15) is 0 Å². The fraction of sp³-hybridized carbons (Fsp3) is 0.0500. The van der Waals surface area contributed by atoms with Crippen LogP contribution in [-0.2, 0) is 23.2 Å². The van der Waals surface area contributed by atoms with E-state index in [0.717, 1.165) is 12.1 Å². The standard InChI is InChI=1S/C15H8N.C5H5.2ClH.Zr/c1-2-6-11-10(5-1)9-13-12-7-3-4-8-14(12)16-15(11)13;1-2-4-5-3-1;;;/h1-4,6-9H;1-3H,4H2;2*1H;. The van der Waals surface area contributed by atoms with Crippen molar-refractivity contribution in [3.05, 3.63) is 80.7 Å². The Morgan fingerprint density at radius 2 is 1.75 bits per heavy atom. The average Bonchev–Trinajstić information content (AvgIpc) is 3.23. The zero-order valence-corrected chi connectivity index (χ0v) is 16.9. The molecule has 1 nitrogen and oxygen atoms in total. The fourth-order valence-corrected chi connectivity index (χ4v) is 6.47. The summed E-state index contributed by atoms with van der Waals surface area (Å²) in [6.07, 6.45) is 10.3. The van der Waals surface area contributed by atoms with Gasteiger partial charge in [0.05, 0.1) is 0 Å². The van der Waals surface area contributed by atoms with Crippen molar-refractivity contribution in [2.75, 3.05) is 0 Å². The van der Waals surface area contributed by atoms with Crippen LogP contribution in [0.2, 0.25) is 0 Å². The summed E-state index contributed by atoms with van der Waals surface area (Å²) in [5.41, 5.74) is 7.66. The number of aliphatic imine (C=N–C) groups is 1. The minimum atomic E-state index is -0.675. The maximum absolute atomic E-state index is 4.87. The summed E-state index contributed by atoms with van der Waals surface area (Å²) in [7, 11) is 0. The molecule has 0 radical (unpaired) electrons. The zero-order valence-electron chi connectivity index (χ0n) is 12.8. The molecule has 5 rings (SSSR count). The van der Waals surface area contributed by atoms with Crippen molar-refractivity contribution in [3.63, 3.8) is 0 Å². The molecule has 2 aromatic rings. The summed E-state index contributed by atoms with van der Waals surface area (Å²) >= 11 is -0.675. The van der Waals surface area contributed by atoms with Crippen LogP contribution in [0.1, 0.15) is 23.1 Å². The van der Waals surface area contributed by atoms with E-state index in [4.69, 9.17) is 4.99 Å². The van der Waals surface area contributed by atoms with Gasteiger partial charge in [-0.15, -0.1) is 24.8 Å². The Morgan fingerprint density at radius 1 is 0.917 bits per heavy atom. The normalized spacial score (nSPS) is 15.2. The zero-order chi connectivity index (χ0) is 14.5. The van der Waals surface area contributed by atoms with Crippen molar-refractivity contribution < 1.29 is 23.2 Å². The second-order valence-electron chi connectivity index (χ2n) is 5.75. The summed E-state index contributed by atoms with van der Waals surface area (Å²) in [5, 5.41) is 0. The summed E-state index contributed by atoms with van der Waals surface area (Å²) in [5.74, 6) is 0. The molecule has 3 aliphatic rings. The molecule has 24 heavy (non-hydrogen) atoms. The maximum atomic E-state index is 4.87. The Hall–Kier alpha value is -1.21. The van der Waals surface area contributed by atoms with Crippen molar-refractivity contribution in [2.45, 2.75) is 6.42 Å². The first-order valence-corrected chi connectivity index (χ1v) is 10.0. The van der Waals surface area contributed by atoms with Gasteiger partial charge in [-0.3, -0.25) is 0 Å².